The Bertz CT molecular complexity index is 2220. The predicted molar refractivity (Wildman–Crippen MR) is 169 cm³/mol. The van der Waals surface area contributed by atoms with Crippen molar-refractivity contribution in [1.29, 1.82) is 0 Å². The van der Waals surface area contributed by atoms with Crippen LogP contribution in [0.15, 0.2) is 122 Å². The van der Waals surface area contributed by atoms with E-state index in [9.17, 15) is 0 Å². The maximum Gasteiger partial charge on any atom is 3.00 e. The Balaban J connectivity index is 0.000000147. The van der Waals surface area contributed by atoms with Crippen molar-refractivity contribution in [3.63, 3.8) is 0 Å². The quantitative estimate of drug-likeness (QED) is 0.0970. The van der Waals surface area contributed by atoms with Crippen molar-refractivity contribution in [3.05, 3.63) is 134 Å². The van der Waals surface area contributed by atoms with E-state index in [1.54, 1.807) is 6.33 Å². The molecule has 0 saturated carbocycles. The number of benzene rings is 6. The van der Waals surface area contributed by atoms with Gasteiger partial charge in [-0.1, -0.05) is 60.9 Å². The SMILES string of the molecule is CN1[CH-]N(c2[c-]cccc2)c2ccccc21.[Ir+3].c1ccc2cc3c(ccc4c5cccnc5c5[n-]cnc5c34)cc2c1. The zero-order chi connectivity index (χ0) is 27.3. The zero-order valence-electron chi connectivity index (χ0n) is 22.7. The van der Waals surface area contributed by atoms with Gasteiger partial charge < -0.3 is 19.8 Å². The summed E-state index contributed by atoms with van der Waals surface area (Å²) in [6.45, 7) is 2.08. The maximum absolute atomic E-state index is 4.58. The van der Waals surface area contributed by atoms with Crippen molar-refractivity contribution in [2.75, 3.05) is 16.8 Å². The normalized spacial score (nSPS) is 12.5. The van der Waals surface area contributed by atoms with Crippen LogP contribution in [-0.2, 0) is 20.1 Å². The minimum absolute atomic E-state index is 0. The fourth-order valence-corrected chi connectivity index (χ4v) is 5.92. The fourth-order valence-electron chi connectivity index (χ4n) is 5.92. The minimum atomic E-state index is 0. The van der Waals surface area contributed by atoms with E-state index in [1.165, 1.54) is 38.3 Å². The first-order chi connectivity index (χ1) is 20.3. The van der Waals surface area contributed by atoms with Crippen molar-refractivity contribution in [2.45, 2.75) is 0 Å². The maximum atomic E-state index is 4.58. The Labute approximate surface area is 256 Å². The molecule has 0 fully saturated rings. The number of aromatic nitrogens is 3. The first-order valence-electron chi connectivity index (χ1n) is 13.6. The molecule has 0 atom stereocenters. The molecule has 0 bridgehead atoms. The second kappa shape index (κ2) is 10.6. The van der Waals surface area contributed by atoms with Crippen molar-refractivity contribution >= 4 is 71.3 Å². The van der Waals surface area contributed by atoms with E-state index >= 15 is 0 Å². The molecule has 1 aliphatic heterocycles. The van der Waals surface area contributed by atoms with E-state index in [0.29, 0.717) is 0 Å². The van der Waals surface area contributed by atoms with Crippen LogP contribution in [0.3, 0.4) is 0 Å². The van der Waals surface area contributed by atoms with Crippen LogP contribution in [-0.4, -0.2) is 17.0 Å². The Morgan fingerprint density at radius 1 is 0.690 bits per heavy atom. The molecular formula is C36H24IrN5. The van der Waals surface area contributed by atoms with E-state index in [4.69, 9.17) is 0 Å². The summed E-state index contributed by atoms with van der Waals surface area (Å²) in [5.41, 5.74) is 6.22. The third kappa shape index (κ3) is 4.19. The van der Waals surface area contributed by atoms with Crippen molar-refractivity contribution in [2.24, 2.45) is 0 Å². The average Bonchev–Trinajstić information content (AvgIpc) is 3.66. The summed E-state index contributed by atoms with van der Waals surface area (Å²) < 4.78 is 0. The van der Waals surface area contributed by atoms with E-state index in [-0.39, 0.29) is 20.1 Å². The van der Waals surface area contributed by atoms with Crippen LogP contribution in [0.25, 0.3) is 54.3 Å². The van der Waals surface area contributed by atoms with Gasteiger partial charge in [0.05, 0.1) is 5.52 Å². The average molecular weight is 719 g/mol. The summed E-state index contributed by atoms with van der Waals surface area (Å²) in [4.78, 5) is 17.9. The Hall–Kier alpha value is -4.77. The molecule has 0 saturated heterocycles. The second-order valence-corrected chi connectivity index (χ2v) is 10.2. The molecule has 0 amide bonds. The number of anilines is 3. The molecule has 6 aromatic carbocycles. The summed E-state index contributed by atoms with van der Waals surface area (Å²) in [5.74, 6) is 0. The number of imidazole rings is 1. The molecule has 0 spiro atoms. The van der Waals surface area contributed by atoms with Gasteiger partial charge in [0.15, 0.2) is 0 Å². The third-order valence-corrected chi connectivity index (χ3v) is 7.81. The van der Waals surface area contributed by atoms with Gasteiger partial charge in [-0.15, -0.1) is 5.69 Å². The topological polar surface area (TPSA) is 46.4 Å². The van der Waals surface area contributed by atoms with Crippen molar-refractivity contribution in [1.82, 2.24) is 15.0 Å². The summed E-state index contributed by atoms with van der Waals surface area (Å²) >= 11 is 0. The number of pyridine rings is 1. The van der Waals surface area contributed by atoms with Gasteiger partial charge in [0.25, 0.3) is 0 Å². The molecule has 2 aromatic heterocycles. The molecule has 8 aromatic rings. The van der Waals surface area contributed by atoms with E-state index in [1.807, 2.05) is 30.5 Å². The fraction of sp³-hybridized carbons (Fsp3) is 0.0278. The summed E-state index contributed by atoms with van der Waals surface area (Å²) in [5, 5.41) is 8.39. The first kappa shape index (κ1) is 26.1. The molecule has 3 heterocycles. The van der Waals surface area contributed by atoms with Gasteiger partial charge in [0.1, 0.15) is 0 Å². The van der Waals surface area contributed by atoms with E-state index in [2.05, 4.69) is 129 Å². The minimum Gasteiger partial charge on any atom is -0.504 e. The zero-order valence-corrected chi connectivity index (χ0v) is 25.1. The molecule has 0 aliphatic carbocycles. The predicted octanol–water partition coefficient (Wildman–Crippen LogP) is 8.39. The molecule has 0 N–H and O–H groups in total. The van der Waals surface area contributed by atoms with Crippen molar-refractivity contribution < 1.29 is 20.1 Å². The van der Waals surface area contributed by atoms with Crippen molar-refractivity contribution in [3.8, 4) is 0 Å². The van der Waals surface area contributed by atoms with E-state index < -0.39 is 0 Å². The smallest absolute Gasteiger partial charge is 0.504 e. The Morgan fingerprint density at radius 2 is 1.48 bits per heavy atom. The van der Waals surface area contributed by atoms with Crippen LogP contribution < -0.4 is 14.8 Å². The number of nitrogens with zero attached hydrogens (tertiary/aromatic N) is 5. The molecular weight excluding hydrogens is 695 g/mol. The van der Waals surface area contributed by atoms with Crippen LogP contribution in [0, 0.1) is 12.7 Å². The van der Waals surface area contributed by atoms with Crippen LogP contribution in [0.2, 0.25) is 0 Å². The van der Waals surface area contributed by atoms with Gasteiger partial charge in [-0.2, -0.15) is 37.0 Å². The van der Waals surface area contributed by atoms with Gasteiger partial charge >= 0.3 is 20.1 Å². The number of hydrogen-bond donors (Lipinski definition) is 0. The largest absolute Gasteiger partial charge is 3.00 e. The van der Waals surface area contributed by atoms with Gasteiger partial charge in [-0.25, -0.2) is 0 Å². The van der Waals surface area contributed by atoms with Crippen LogP contribution in [0.1, 0.15) is 0 Å². The van der Waals surface area contributed by atoms with Gasteiger partial charge in [-0.05, 0) is 80.7 Å². The Morgan fingerprint density at radius 3 is 2.31 bits per heavy atom. The summed E-state index contributed by atoms with van der Waals surface area (Å²) in [6.07, 6.45) is 3.45. The number of para-hydroxylation sites is 3. The van der Waals surface area contributed by atoms with Gasteiger partial charge in [0, 0.05) is 23.0 Å². The molecule has 1 aliphatic rings. The van der Waals surface area contributed by atoms with Crippen LogP contribution in [0.5, 0.6) is 0 Å². The van der Waals surface area contributed by atoms with Crippen LogP contribution >= 0.6 is 0 Å². The molecule has 6 heteroatoms. The molecule has 202 valence electrons. The van der Waals surface area contributed by atoms with Crippen LogP contribution in [0.4, 0.5) is 17.1 Å². The van der Waals surface area contributed by atoms with Gasteiger partial charge in [0.2, 0.25) is 0 Å². The monoisotopic (exact) mass is 719 g/mol. The third-order valence-electron chi connectivity index (χ3n) is 7.81. The number of fused-ring (bicyclic) bond motifs is 10. The first-order valence-corrected chi connectivity index (χ1v) is 13.6. The number of hydrogen-bond acceptors (Lipinski definition) is 4. The molecule has 0 unspecified atom stereocenters. The Kier molecular flexibility index (Phi) is 6.58. The molecule has 0 radical (unpaired) electrons. The van der Waals surface area contributed by atoms with Gasteiger partial charge in [-0.3, -0.25) is 4.98 Å². The number of rotatable bonds is 1. The summed E-state index contributed by atoms with van der Waals surface area (Å²) in [6, 6.07) is 41.1. The van der Waals surface area contributed by atoms with E-state index in [0.717, 1.165) is 33.0 Å². The molecule has 42 heavy (non-hydrogen) atoms. The second-order valence-electron chi connectivity index (χ2n) is 10.2. The molecule has 5 nitrogen and oxygen atoms in total. The molecule has 9 rings (SSSR count). The summed E-state index contributed by atoms with van der Waals surface area (Å²) in [7, 11) is 2.06. The standard InChI is InChI=1S/C22H12N3.C14H12N2.Ir/c1-2-5-14-11-18-15(10-13(14)4-1)7-8-16-17-6-3-9-23-20(17)22-21(19(16)18)24-12-25-22;1-15-11-16(12-7-3-2-4-8-12)14-10-6-5-9-13(14)15;/h1-12H;2-7,9-11H,1H3;/q-1;-2;+3.